The summed E-state index contributed by atoms with van der Waals surface area (Å²) in [4.78, 5) is 16.6. The molecule has 1 fully saturated rings. The Morgan fingerprint density at radius 1 is 1.05 bits per heavy atom. The third-order valence-corrected chi connectivity index (χ3v) is 7.22. The maximum absolute atomic E-state index is 15.0. The molecule has 12 heteroatoms. The SMILES string of the molecule is CC(C)Oc1nc(Nc2ncc(F)c(-c3cc(F)c4c(c3)N(C(C)C)CC(F)(F)O4)n2)ccc1C1CCN(C)CC1. The maximum atomic E-state index is 15.0. The van der Waals surface area contributed by atoms with Gasteiger partial charge >= 0.3 is 6.11 Å². The van der Waals surface area contributed by atoms with Crippen LogP contribution in [-0.2, 0) is 0 Å². The quantitative estimate of drug-likeness (QED) is 0.327. The summed E-state index contributed by atoms with van der Waals surface area (Å²) in [6.07, 6.45) is -0.698. The van der Waals surface area contributed by atoms with Crippen LogP contribution in [0.5, 0.6) is 11.6 Å². The van der Waals surface area contributed by atoms with Crippen molar-refractivity contribution in [3.63, 3.8) is 0 Å². The van der Waals surface area contributed by atoms with E-state index in [9.17, 15) is 13.2 Å². The predicted octanol–water partition coefficient (Wildman–Crippen LogP) is 6.36. The molecule has 2 aromatic heterocycles. The van der Waals surface area contributed by atoms with Crippen LogP contribution in [0.2, 0.25) is 0 Å². The molecular weight excluding hydrogens is 540 g/mol. The Hall–Kier alpha value is -3.67. The zero-order valence-corrected chi connectivity index (χ0v) is 23.7. The highest BCUT2D eigenvalue weighted by atomic mass is 19.3. The number of hydrogen-bond donors (Lipinski definition) is 1. The van der Waals surface area contributed by atoms with Crippen molar-refractivity contribution in [3.8, 4) is 22.9 Å². The number of benzene rings is 1. The minimum absolute atomic E-state index is 0.0260. The van der Waals surface area contributed by atoms with Gasteiger partial charge in [-0.1, -0.05) is 0 Å². The molecule has 5 rings (SSSR count). The number of nitrogens with zero attached hydrogens (tertiary/aromatic N) is 5. The van der Waals surface area contributed by atoms with Gasteiger partial charge in [0.25, 0.3) is 0 Å². The smallest absolute Gasteiger partial charge is 0.416 e. The van der Waals surface area contributed by atoms with Crippen LogP contribution in [0.3, 0.4) is 0 Å². The fraction of sp³-hybridized carbons (Fsp3) is 0.483. The first kappa shape index (κ1) is 28.8. The maximum Gasteiger partial charge on any atom is 0.416 e. The van der Waals surface area contributed by atoms with Gasteiger partial charge in [-0.15, -0.1) is 0 Å². The van der Waals surface area contributed by atoms with Crippen molar-refractivity contribution in [2.24, 2.45) is 0 Å². The Labute approximate surface area is 236 Å². The number of nitrogens with one attached hydrogen (secondary N) is 1. The normalized spacial score (nSPS) is 17.5. The van der Waals surface area contributed by atoms with Gasteiger partial charge in [0.1, 0.15) is 18.1 Å². The van der Waals surface area contributed by atoms with Gasteiger partial charge in [0.05, 0.1) is 18.0 Å². The molecule has 1 saturated heterocycles. The van der Waals surface area contributed by atoms with Crippen molar-refractivity contribution in [1.29, 1.82) is 0 Å². The van der Waals surface area contributed by atoms with E-state index < -0.39 is 36.1 Å². The predicted molar refractivity (Wildman–Crippen MR) is 148 cm³/mol. The van der Waals surface area contributed by atoms with E-state index in [4.69, 9.17) is 4.74 Å². The number of anilines is 3. The van der Waals surface area contributed by atoms with E-state index in [1.807, 2.05) is 19.9 Å². The molecule has 0 spiro atoms. The first-order valence-electron chi connectivity index (χ1n) is 13.7. The van der Waals surface area contributed by atoms with E-state index in [0.717, 1.165) is 43.8 Å². The molecule has 41 heavy (non-hydrogen) atoms. The van der Waals surface area contributed by atoms with Crippen molar-refractivity contribution < 1.29 is 27.0 Å². The van der Waals surface area contributed by atoms with Crippen LogP contribution in [0.4, 0.5) is 35.0 Å². The molecule has 8 nitrogen and oxygen atoms in total. The number of alkyl halides is 2. The van der Waals surface area contributed by atoms with Crippen molar-refractivity contribution in [2.45, 2.75) is 64.7 Å². The first-order chi connectivity index (χ1) is 19.4. The Morgan fingerprint density at radius 3 is 2.46 bits per heavy atom. The molecule has 4 heterocycles. The Balaban J connectivity index is 1.46. The van der Waals surface area contributed by atoms with Gasteiger partial charge in [-0.3, -0.25) is 0 Å². The van der Waals surface area contributed by atoms with Crippen LogP contribution >= 0.6 is 0 Å². The molecule has 0 radical (unpaired) electrons. The van der Waals surface area contributed by atoms with Gasteiger partial charge in [0.2, 0.25) is 11.8 Å². The van der Waals surface area contributed by atoms with Crippen molar-refractivity contribution in [2.75, 3.05) is 36.9 Å². The number of rotatable bonds is 7. The number of ether oxygens (including phenoxy) is 2. The van der Waals surface area contributed by atoms with Crippen LogP contribution in [0.25, 0.3) is 11.3 Å². The number of aromatic nitrogens is 3. The van der Waals surface area contributed by atoms with E-state index in [0.29, 0.717) is 17.6 Å². The molecule has 0 aliphatic carbocycles. The number of hydrogen-bond acceptors (Lipinski definition) is 8. The lowest BCUT2D eigenvalue weighted by Crippen LogP contribution is -2.48. The van der Waals surface area contributed by atoms with Crippen molar-refractivity contribution in [3.05, 3.63) is 47.7 Å². The third kappa shape index (κ3) is 6.32. The average molecular weight is 575 g/mol. The summed E-state index contributed by atoms with van der Waals surface area (Å²) in [6, 6.07) is 5.70. The van der Waals surface area contributed by atoms with Crippen LogP contribution in [0.15, 0.2) is 30.5 Å². The number of fused-ring (bicyclic) bond motifs is 1. The standard InChI is InChI=1S/C29H34F4N6O2/c1-16(2)39-15-29(32,33)41-26-21(30)12-19(13-23(26)39)25-22(31)14-34-28(37-25)36-24-7-6-20(27(35-24)40-17(3)4)18-8-10-38(5)11-9-18/h6-7,12-14,16-18H,8-11,15H2,1-5H3,(H,34,35,36,37). The largest absolute Gasteiger partial charge is 0.475 e. The number of piperidine rings is 1. The summed E-state index contributed by atoms with van der Waals surface area (Å²) in [5.41, 5.74) is 0.977. The lowest BCUT2D eigenvalue weighted by molar-refractivity contribution is -0.174. The fourth-order valence-corrected chi connectivity index (χ4v) is 5.17. The molecule has 0 bridgehead atoms. The van der Waals surface area contributed by atoms with E-state index in [2.05, 4.69) is 37.0 Å². The molecule has 2 aliphatic heterocycles. The van der Waals surface area contributed by atoms with E-state index in [1.54, 1.807) is 19.9 Å². The lowest BCUT2D eigenvalue weighted by atomic mass is 9.90. The molecule has 0 unspecified atom stereocenters. The molecular formula is C29H34F4N6O2. The van der Waals surface area contributed by atoms with Gasteiger partial charge < -0.3 is 24.6 Å². The van der Waals surface area contributed by atoms with Gasteiger partial charge in [0, 0.05) is 17.2 Å². The van der Waals surface area contributed by atoms with E-state index in [1.165, 1.54) is 11.0 Å². The number of likely N-dealkylation sites (tertiary alicyclic amines) is 1. The van der Waals surface area contributed by atoms with Crippen molar-refractivity contribution in [1.82, 2.24) is 19.9 Å². The van der Waals surface area contributed by atoms with E-state index in [-0.39, 0.29) is 29.0 Å². The summed E-state index contributed by atoms with van der Waals surface area (Å²) >= 11 is 0. The molecule has 1 N–H and O–H groups in total. The number of pyridine rings is 1. The monoisotopic (exact) mass is 574 g/mol. The Morgan fingerprint density at radius 2 is 1.78 bits per heavy atom. The second kappa shape index (κ2) is 11.3. The second-order valence-corrected chi connectivity index (χ2v) is 11.1. The molecule has 3 aromatic rings. The fourth-order valence-electron chi connectivity index (χ4n) is 5.17. The topological polar surface area (TPSA) is 75.6 Å². The zero-order chi connectivity index (χ0) is 29.5. The summed E-state index contributed by atoms with van der Waals surface area (Å²) < 4.78 is 68.9. The zero-order valence-electron chi connectivity index (χ0n) is 23.7. The molecule has 0 amide bonds. The molecule has 0 atom stereocenters. The molecule has 2 aliphatic rings. The van der Waals surface area contributed by atoms with Crippen LogP contribution in [0, 0.1) is 11.6 Å². The lowest BCUT2D eigenvalue weighted by Gasteiger charge is -2.38. The second-order valence-electron chi connectivity index (χ2n) is 11.1. The van der Waals surface area contributed by atoms with Gasteiger partial charge in [0.15, 0.2) is 17.4 Å². The third-order valence-electron chi connectivity index (χ3n) is 7.22. The molecule has 1 aromatic carbocycles. The minimum Gasteiger partial charge on any atom is -0.475 e. The Kier molecular flexibility index (Phi) is 7.95. The molecule has 220 valence electrons. The van der Waals surface area contributed by atoms with Gasteiger partial charge in [-0.25, -0.2) is 18.7 Å². The minimum atomic E-state index is -3.56. The summed E-state index contributed by atoms with van der Waals surface area (Å²) in [5.74, 6) is -1.17. The summed E-state index contributed by atoms with van der Waals surface area (Å²) in [7, 11) is 2.11. The van der Waals surface area contributed by atoms with Gasteiger partial charge in [-0.2, -0.15) is 13.8 Å². The summed E-state index contributed by atoms with van der Waals surface area (Å²) in [6.45, 7) is 8.48. The highest BCUT2D eigenvalue weighted by Gasteiger charge is 2.43. The van der Waals surface area contributed by atoms with Gasteiger partial charge in [-0.05, 0) is 90.9 Å². The first-order valence-corrected chi connectivity index (χ1v) is 13.7. The average Bonchev–Trinajstić information content (AvgIpc) is 2.90. The van der Waals surface area contributed by atoms with Crippen LogP contribution in [0.1, 0.15) is 52.0 Å². The van der Waals surface area contributed by atoms with Crippen LogP contribution in [-0.4, -0.2) is 64.8 Å². The van der Waals surface area contributed by atoms with Crippen LogP contribution < -0.4 is 19.7 Å². The highest BCUT2D eigenvalue weighted by Crippen LogP contribution is 2.44. The van der Waals surface area contributed by atoms with E-state index >= 15 is 4.39 Å². The highest BCUT2D eigenvalue weighted by molar-refractivity contribution is 5.73. The van der Waals surface area contributed by atoms with Crippen molar-refractivity contribution >= 4 is 17.5 Å². The Bertz CT molecular complexity index is 1410. The molecule has 0 saturated carbocycles. The summed E-state index contributed by atoms with van der Waals surface area (Å²) in [5, 5.41) is 2.99. The number of halogens is 4.